The lowest BCUT2D eigenvalue weighted by Gasteiger charge is -2.18. The van der Waals surface area contributed by atoms with Gasteiger partial charge in [0.1, 0.15) is 18.3 Å². The van der Waals surface area contributed by atoms with E-state index < -0.39 is 36.7 Å². The smallest absolute Gasteiger partial charge is 0.280 e. The van der Waals surface area contributed by atoms with E-state index in [1.165, 1.54) is 10.8 Å². The van der Waals surface area contributed by atoms with Gasteiger partial charge in [0.05, 0.1) is 12.8 Å². The zero-order chi connectivity index (χ0) is 21.4. The van der Waals surface area contributed by atoms with Crippen LogP contribution in [0.15, 0.2) is 34.2 Å². The number of nitrogens with zero attached hydrogens (tertiary/aromatic N) is 4. The van der Waals surface area contributed by atoms with Gasteiger partial charge in [0.15, 0.2) is 17.4 Å². The van der Waals surface area contributed by atoms with Gasteiger partial charge in [-0.05, 0) is 17.7 Å². The molecule has 7 N–H and O–H groups in total. The molecule has 13 heteroatoms. The Bertz CT molecular complexity index is 1150. The molecule has 0 aliphatic carbocycles. The Balaban J connectivity index is 1.75. The van der Waals surface area contributed by atoms with E-state index in [1.807, 2.05) is 0 Å². The minimum Gasteiger partial charge on any atom is -0.394 e. The van der Waals surface area contributed by atoms with Crippen LogP contribution in [0.4, 0.5) is 11.9 Å². The predicted octanol–water partition coefficient (Wildman–Crippen LogP) is -0.587. The summed E-state index contributed by atoms with van der Waals surface area (Å²) in [6.07, 6.45) is -3.54. The Morgan fingerprint density at radius 2 is 2.03 bits per heavy atom. The Morgan fingerprint density at radius 1 is 1.30 bits per heavy atom. The number of hydrazone groups is 1. The van der Waals surface area contributed by atoms with Crippen molar-refractivity contribution in [1.82, 2.24) is 19.5 Å². The summed E-state index contributed by atoms with van der Waals surface area (Å²) in [4.78, 5) is 22.8. The molecule has 4 rings (SSSR count). The molecule has 1 fully saturated rings. The number of benzene rings is 1. The highest BCUT2D eigenvalue weighted by atomic mass is 35.5. The van der Waals surface area contributed by atoms with Crippen LogP contribution in [0.2, 0.25) is 5.02 Å². The van der Waals surface area contributed by atoms with Crippen molar-refractivity contribution < 1.29 is 20.1 Å². The number of nitrogens with two attached hydrogens (primary N) is 1. The van der Waals surface area contributed by atoms with Crippen LogP contribution < -0.4 is 16.7 Å². The number of fused-ring (bicyclic) bond motifs is 1. The molecule has 0 unspecified atom stereocenters. The Hall–Kier alpha value is -3.03. The van der Waals surface area contributed by atoms with Crippen LogP contribution in [0.3, 0.4) is 0 Å². The third kappa shape index (κ3) is 3.62. The monoisotopic (exact) mass is 435 g/mol. The van der Waals surface area contributed by atoms with Gasteiger partial charge in [0.2, 0.25) is 11.9 Å². The average molecular weight is 436 g/mol. The fraction of sp³-hybridized carbons (Fsp3) is 0.294. The molecule has 4 atom stereocenters. The first-order valence-electron chi connectivity index (χ1n) is 8.84. The summed E-state index contributed by atoms with van der Waals surface area (Å²) >= 11 is 5.86. The molecule has 0 saturated carbocycles. The normalized spacial score (nSPS) is 24.1. The minimum atomic E-state index is -1.43. The molecule has 1 aliphatic rings. The van der Waals surface area contributed by atoms with Gasteiger partial charge < -0.3 is 25.8 Å². The summed E-state index contributed by atoms with van der Waals surface area (Å²) in [5, 5.41) is 34.6. The molecule has 0 spiro atoms. The van der Waals surface area contributed by atoms with Crippen LogP contribution >= 0.6 is 11.6 Å². The molecule has 1 aromatic carbocycles. The molecule has 12 nitrogen and oxygen atoms in total. The number of nitrogen functional groups attached to an aromatic ring is 1. The molecule has 1 saturated heterocycles. The van der Waals surface area contributed by atoms with Gasteiger partial charge in [-0.25, -0.2) is 10.4 Å². The Labute approximate surface area is 173 Å². The first-order chi connectivity index (χ1) is 14.4. The molecule has 158 valence electrons. The van der Waals surface area contributed by atoms with Crippen molar-refractivity contribution in [2.45, 2.75) is 24.5 Å². The number of hydrogen-bond acceptors (Lipinski definition) is 10. The molecule has 30 heavy (non-hydrogen) atoms. The number of H-pyrrole nitrogens is 1. The molecule has 3 aromatic rings. The number of nitrogens with one attached hydrogen (secondary N) is 2. The van der Waals surface area contributed by atoms with Gasteiger partial charge in [0, 0.05) is 5.02 Å². The number of anilines is 2. The average Bonchev–Trinajstić information content (AvgIpc) is 3.21. The second-order valence-electron chi connectivity index (χ2n) is 6.58. The number of aromatic nitrogens is 4. The molecular weight excluding hydrogens is 418 g/mol. The highest BCUT2D eigenvalue weighted by molar-refractivity contribution is 6.30. The van der Waals surface area contributed by atoms with E-state index in [0.717, 1.165) is 5.56 Å². The van der Waals surface area contributed by atoms with Gasteiger partial charge in [-0.1, -0.05) is 23.7 Å². The number of aliphatic hydroxyl groups excluding tert-OH is 3. The largest absolute Gasteiger partial charge is 0.394 e. The lowest BCUT2D eigenvalue weighted by molar-refractivity contribution is -0.0501. The van der Waals surface area contributed by atoms with Gasteiger partial charge in [-0.2, -0.15) is 10.1 Å². The van der Waals surface area contributed by atoms with Gasteiger partial charge in [-0.15, -0.1) is 0 Å². The zero-order valence-electron chi connectivity index (χ0n) is 15.3. The van der Waals surface area contributed by atoms with Crippen molar-refractivity contribution in [2.24, 2.45) is 5.10 Å². The maximum absolute atomic E-state index is 12.3. The van der Waals surface area contributed by atoms with Crippen molar-refractivity contribution >= 4 is 40.9 Å². The van der Waals surface area contributed by atoms with E-state index in [0.29, 0.717) is 5.02 Å². The van der Waals surface area contributed by atoms with Gasteiger partial charge >= 0.3 is 0 Å². The van der Waals surface area contributed by atoms with E-state index in [1.54, 1.807) is 24.3 Å². The maximum atomic E-state index is 12.3. The highest BCUT2D eigenvalue weighted by Gasteiger charge is 2.45. The maximum Gasteiger partial charge on any atom is 0.280 e. The van der Waals surface area contributed by atoms with E-state index in [2.05, 4.69) is 25.5 Å². The Morgan fingerprint density at radius 3 is 2.70 bits per heavy atom. The van der Waals surface area contributed by atoms with Crippen molar-refractivity contribution in [3.05, 3.63) is 45.2 Å². The quantitative estimate of drug-likeness (QED) is 0.225. The second kappa shape index (κ2) is 8.01. The molecule has 0 amide bonds. The van der Waals surface area contributed by atoms with Crippen molar-refractivity contribution in [1.29, 1.82) is 0 Å². The summed E-state index contributed by atoms with van der Waals surface area (Å²) in [7, 11) is 0. The molecular formula is C17H18ClN7O5. The van der Waals surface area contributed by atoms with E-state index in [-0.39, 0.29) is 23.1 Å². The summed E-state index contributed by atoms with van der Waals surface area (Å²) in [5.74, 6) is -0.162. The number of ether oxygens (including phenoxy) is 1. The lowest BCUT2D eigenvalue weighted by Crippen LogP contribution is -2.33. The zero-order valence-corrected chi connectivity index (χ0v) is 16.1. The van der Waals surface area contributed by atoms with Crippen molar-refractivity contribution in [2.75, 3.05) is 17.8 Å². The van der Waals surface area contributed by atoms with Crippen LogP contribution in [-0.4, -0.2) is 66.0 Å². The summed E-state index contributed by atoms with van der Waals surface area (Å²) < 4.78 is 6.81. The number of halogens is 1. The predicted molar refractivity (Wildman–Crippen MR) is 108 cm³/mol. The Kier molecular flexibility index (Phi) is 5.40. The van der Waals surface area contributed by atoms with Crippen LogP contribution in [0.5, 0.6) is 0 Å². The molecule has 3 heterocycles. The minimum absolute atomic E-state index is 0.00801. The number of hydrogen-bond donors (Lipinski definition) is 6. The third-order valence-corrected chi connectivity index (χ3v) is 4.84. The first-order valence-corrected chi connectivity index (χ1v) is 9.21. The van der Waals surface area contributed by atoms with Crippen molar-refractivity contribution in [3.8, 4) is 0 Å². The summed E-state index contributed by atoms with van der Waals surface area (Å²) in [6.45, 7) is -0.519. The number of imidazole rings is 1. The van der Waals surface area contributed by atoms with Crippen LogP contribution in [0.25, 0.3) is 11.2 Å². The lowest BCUT2D eigenvalue weighted by atomic mass is 10.1. The summed E-state index contributed by atoms with van der Waals surface area (Å²) in [5.41, 5.74) is 8.39. The van der Waals surface area contributed by atoms with Gasteiger partial charge in [0.25, 0.3) is 5.56 Å². The summed E-state index contributed by atoms with van der Waals surface area (Å²) in [6, 6.07) is 6.89. The van der Waals surface area contributed by atoms with Crippen LogP contribution in [0, 0.1) is 0 Å². The second-order valence-corrected chi connectivity index (χ2v) is 7.02. The van der Waals surface area contributed by atoms with Gasteiger partial charge in [-0.3, -0.25) is 14.3 Å². The highest BCUT2D eigenvalue weighted by Crippen LogP contribution is 2.33. The van der Waals surface area contributed by atoms with Crippen LogP contribution in [-0.2, 0) is 4.74 Å². The van der Waals surface area contributed by atoms with Crippen molar-refractivity contribution in [3.63, 3.8) is 0 Å². The number of aliphatic hydroxyl groups is 3. The fourth-order valence-corrected chi connectivity index (χ4v) is 3.25. The van der Waals surface area contributed by atoms with Crippen LogP contribution in [0.1, 0.15) is 11.8 Å². The molecule has 2 aromatic heterocycles. The SMILES string of the molecule is Nc1nc2c(nc(N/N=C\c3ccc(Cl)cc3)n2[C@@H]2O[C@@H](CO)[C@@H](O)[C@H]2O)c(=O)[nH]1. The van der Waals surface area contributed by atoms with E-state index in [9.17, 15) is 20.1 Å². The third-order valence-electron chi connectivity index (χ3n) is 4.59. The number of aromatic amines is 1. The molecule has 0 bridgehead atoms. The van der Waals surface area contributed by atoms with E-state index >= 15 is 0 Å². The first kappa shape index (κ1) is 20.3. The van der Waals surface area contributed by atoms with E-state index in [4.69, 9.17) is 22.1 Å². The standard InChI is InChI=1S/C17H18ClN7O5/c18-8-3-1-7(2-4-8)5-20-24-17-21-10-13(22-16(19)23-14(10)29)25(17)15-12(28)11(27)9(6-26)30-15/h1-5,9,11-12,15,26-28H,6H2,(H,21,24)(H3,19,22,23,29)/b20-5-/t9-,11+,12+,15+/m0/s1. The molecule has 0 radical (unpaired) electrons. The topological polar surface area (TPSA) is 184 Å². The fourth-order valence-electron chi connectivity index (χ4n) is 3.13. The number of rotatable bonds is 5. The molecule has 1 aliphatic heterocycles.